The van der Waals surface area contributed by atoms with Gasteiger partial charge in [-0.05, 0) is 50.5 Å². The van der Waals surface area contributed by atoms with Crippen molar-refractivity contribution in [2.75, 3.05) is 11.5 Å². The Hall–Kier alpha value is -2.61. The third kappa shape index (κ3) is 3.69. The Bertz CT molecular complexity index is 1020. The maximum absolute atomic E-state index is 13.1. The fraction of sp³-hybridized carbons (Fsp3) is 0.350. The van der Waals surface area contributed by atoms with Crippen molar-refractivity contribution < 1.29 is 9.18 Å². The zero-order chi connectivity index (χ0) is 19.8. The number of nitrogen functional groups attached to an aromatic ring is 1. The molecule has 1 aliphatic rings. The summed E-state index contributed by atoms with van der Waals surface area (Å²) in [6.07, 6.45) is 2.16. The smallest absolute Gasteiger partial charge is 0.222 e. The van der Waals surface area contributed by atoms with Gasteiger partial charge >= 0.3 is 0 Å². The summed E-state index contributed by atoms with van der Waals surface area (Å²) >= 11 is 1.38. The molecule has 0 amide bonds. The van der Waals surface area contributed by atoms with Crippen LogP contribution in [0.5, 0.6) is 0 Å². The standard InChI is InChI=1S/C20H22FN5OS/c1-12-9-17(13(2)25(12)10-14-3-5-15(21)6-4-14)18(27)11-28-20-24-23-19(22)26(20)16-7-8-16/h3-6,9,16H,7-8,10-11H2,1-2H3,(H2,22,23). The van der Waals surface area contributed by atoms with E-state index in [1.165, 1.54) is 23.9 Å². The van der Waals surface area contributed by atoms with Crippen LogP contribution in [-0.2, 0) is 6.54 Å². The molecule has 1 aliphatic carbocycles. The highest BCUT2D eigenvalue weighted by molar-refractivity contribution is 7.99. The number of aryl methyl sites for hydroxylation is 1. The van der Waals surface area contributed by atoms with Gasteiger partial charge in [-0.25, -0.2) is 4.39 Å². The maximum atomic E-state index is 13.1. The van der Waals surface area contributed by atoms with E-state index >= 15 is 0 Å². The van der Waals surface area contributed by atoms with Crippen LogP contribution >= 0.6 is 11.8 Å². The van der Waals surface area contributed by atoms with Crippen molar-refractivity contribution in [1.82, 2.24) is 19.3 Å². The van der Waals surface area contributed by atoms with Gasteiger partial charge < -0.3 is 10.3 Å². The lowest BCUT2D eigenvalue weighted by atomic mass is 10.2. The second-order valence-corrected chi connectivity index (χ2v) is 8.09. The number of halogens is 1. The Kier molecular flexibility index (Phi) is 4.97. The third-order valence-corrected chi connectivity index (χ3v) is 6.01. The predicted octanol–water partition coefficient (Wildman–Crippen LogP) is 3.78. The Labute approximate surface area is 166 Å². The fourth-order valence-corrected chi connectivity index (χ4v) is 4.27. The molecule has 0 aliphatic heterocycles. The number of hydrogen-bond acceptors (Lipinski definition) is 5. The first-order valence-corrected chi connectivity index (χ1v) is 10.2. The van der Waals surface area contributed by atoms with Crippen molar-refractivity contribution in [2.24, 2.45) is 0 Å². The minimum Gasteiger partial charge on any atom is -0.368 e. The van der Waals surface area contributed by atoms with Crippen molar-refractivity contribution in [3.05, 3.63) is 58.7 Å². The predicted molar refractivity (Wildman–Crippen MR) is 107 cm³/mol. The summed E-state index contributed by atoms with van der Waals surface area (Å²) in [6.45, 7) is 4.52. The average molecular weight is 399 g/mol. The molecular formula is C20H22FN5OS. The minimum absolute atomic E-state index is 0.0485. The quantitative estimate of drug-likeness (QED) is 0.483. The van der Waals surface area contributed by atoms with E-state index in [4.69, 9.17) is 5.73 Å². The first kappa shape index (κ1) is 18.7. The minimum atomic E-state index is -0.253. The van der Waals surface area contributed by atoms with E-state index in [0.717, 1.165) is 29.8 Å². The first-order chi connectivity index (χ1) is 13.4. The lowest BCUT2D eigenvalue weighted by Gasteiger charge is -2.10. The summed E-state index contributed by atoms with van der Waals surface area (Å²) in [5.41, 5.74) is 9.50. The highest BCUT2D eigenvalue weighted by atomic mass is 32.2. The molecule has 2 heterocycles. The van der Waals surface area contributed by atoms with Crippen LogP contribution in [0.25, 0.3) is 0 Å². The van der Waals surface area contributed by atoms with Gasteiger partial charge in [0.1, 0.15) is 5.82 Å². The Morgan fingerprint density at radius 1 is 1.25 bits per heavy atom. The Morgan fingerprint density at radius 3 is 2.64 bits per heavy atom. The van der Waals surface area contributed by atoms with Gasteiger partial charge in [-0.2, -0.15) is 0 Å². The molecule has 1 saturated carbocycles. The van der Waals surface area contributed by atoms with Crippen LogP contribution in [0.4, 0.5) is 10.3 Å². The Balaban J connectivity index is 1.48. The van der Waals surface area contributed by atoms with E-state index < -0.39 is 0 Å². The van der Waals surface area contributed by atoms with E-state index in [1.807, 2.05) is 24.5 Å². The van der Waals surface area contributed by atoms with Crippen LogP contribution in [0.1, 0.15) is 46.2 Å². The summed E-state index contributed by atoms with van der Waals surface area (Å²) in [4.78, 5) is 12.8. The third-order valence-electron chi connectivity index (χ3n) is 5.06. The molecular weight excluding hydrogens is 377 g/mol. The molecule has 1 aromatic carbocycles. The van der Waals surface area contributed by atoms with Gasteiger partial charge in [0.15, 0.2) is 10.9 Å². The number of carbonyl (C=O) groups is 1. The van der Waals surface area contributed by atoms with Gasteiger partial charge in [0.25, 0.3) is 0 Å². The summed E-state index contributed by atoms with van der Waals surface area (Å²) in [5, 5.41) is 8.76. The molecule has 0 unspecified atom stereocenters. The SMILES string of the molecule is Cc1cc(C(=O)CSc2nnc(N)n2C2CC2)c(C)n1Cc1ccc(F)cc1. The molecule has 6 nitrogen and oxygen atoms in total. The number of Topliss-reactive ketones (excluding diaryl/α,β-unsaturated/α-hetero) is 1. The molecule has 0 spiro atoms. The molecule has 146 valence electrons. The number of rotatable bonds is 7. The lowest BCUT2D eigenvalue weighted by molar-refractivity contribution is 0.102. The number of aromatic nitrogens is 4. The number of nitrogens with two attached hydrogens (primary N) is 1. The van der Waals surface area contributed by atoms with Crippen LogP contribution in [0.2, 0.25) is 0 Å². The van der Waals surface area contributed by atoms with E-state index in [-0.39, 0.29) is 17.4 Å². The van der Waals surface area contributed by atoms with Crippen molar-refractivity contribution in [3.8, 4) is 0 Å². The van der Waals surface area contributed by atoms with Gasteiger partial charge in [0, 0.05) is 29.5 Å². The van der Waals surface area contributed by atoms with E-state index in [2.05, 4.69) is 14.8 Å². The van der Waals surface area contributed by atoms with Crippen molar-refractivity contribution in [2.45, 2.75) is 44.4 Å². The first-order valence-electron chi connectivity index (χ1n) is 9.21. The summed E-state index contributed by atoms with van der Waals surface area (Å²) in [7, 11) is 0. The van der Waals surface area contributed by atoms with Crippen LogP contribution in [-0.4, -0.2) is 30.9 Å². The van der Waals surface area contributed by atoms with Crippen molar-refractivity contribution >= 4 is 23.5 Å². The van der Waals surface area contributed by atoms with E-state index in [0.29, 0.717) is 29.3 Å². The largest absolute Gasteiger partial charge is 0.368 e. The lowest BCUT2D eigenvalue weighted by Crippen LogP contribution is -2.08. The molecule has 1 fully saturated rings. The second-order valence-electron chi connectivity index (χ2n) is 7.15. The molecule has 4 rings (SSSR count). The summed E-state index contributed by atoms with van der Waals surface area (Å²) in [6, 6.07) is 8.72. The maximum Gasteiger partial charge on any atom is 0.222 e. The number of hydrogen-bond donors (Lipinski definition) is 1. The molecule has 0 atom stereocenters. The zero-order valence-corrected chi connectivity index (χ0v) is 16.7. The molecule has 2 N–H and O–H groups in total. The van der Waals surface area contributed by atoms with Gasteiger partial charge in [-0.3, -0.25) is 9.36 Å². The summed E-state index contributed by atoms with van der Waals surface area (Å²) < 4.78 is 17.1. The number of nitrogens with zero attached hydrogens (tertiary/aromatic N) is 4. The van der Waals surface area contributed by atoms with Gasteiger partial charge in [-0.1, -0.05) is 23.9 Å². The second kappa shape index (κ2) is 7.43. The molecule has 0 saturated heterocycles. The van der Waals surface area contributed by atoms with E-state index in [9.17, 15) is 9.18 Å². The number of thioether (sulfide) groups is 1. The highest BCUT2D eigenvalue weighted by Crippen LogP contribution is 2.39. The number of carbonyl (C=O) groups excluding carboxylic acids is 1. The van der Waals surface area contributed by atoms with Crippen LogP contribution in [0.3, 0.4) is 0 Å². The molecule has 8 heteroatoms. The Morgan fingerprint density at radius 2 is 1.96 bits per heavy atom. The molecule has 28 heavy (non-hydrogen) atoms. The fourth-order valence-electron chi connectivity index (χ4n) is 3.37. The zero-order valence-electron chi connectivity index (χ0n) is 15.9. The normalized spacial score (nSPS) is 13.8. The average Bonchev–Trinajstić information content (AvgIpc) is 3.39. The van der Waals surface area contributed by atoms with Crippen molar-refractivity contribution in [1.29, 1.82) is 0 Å². The molecule has 0 radical (unpaired) electrons. The molecule has 3 aromatic rings. The molecule has 2 aromatic heterocycles. The number of ketones is 1. The van der Waals surface area contributed by atoms with Gasteiger partial charge in [-0.15, -0.1) is 10.2 Å². The summed E-state index contributed by atoms with van der Waals surface area (Å²) in [5.74, 6) is 0.491. The molecule has 0 bridgehead atoms. The number of anilines is 1. The van der Waals surface area contributed by atoms with E-state index in [1.54, 1.807) is 12.1 Å². The van der Waals surface area contributed by atoms with Crippen LogP contribution in [0.15, 0.2) is 35.5 Å². The topological polar surface area (TPSA) is 78.7 Å². The van der Waals surface area contributed by atoms with Gasteiger partial charge in [0.2, 0.25) is 5.95 Å². The monoisotopic (exact) mass is 399 g/mol. The highest BCUT2D eigenvalue weighted by Gasteiger charge is 2.29. The van der Waals surface area contributed by atoms with Crippen LogP contribution < -0.4 is 5.73 Å². The van der Waals surface area contributed by atoms with Gasteiger partial charge in [0.05, 0.1) is 5.75 Å². The number of benzene rings is 1. The van der Waals surface area contributed by atoms with Crippen LogP contribution in [0, 0.1) is 19.7 Å². The van der Waals surface area contributed by atoms with Crippen molar-refractivity contribution in [3.63, 3.8) is 0 Å².